The molecule has 4 heterocycles. The molecule has 2 bridgehead atoms. The molecule has 0 aliphatic carbocycles. The highest BCUT2D eigenvalue weighted by atomic mass is 19.4. The number of amides is 2. The largest absolute Gasteiger partial charge is 0.573 e. The number of rotatable bonds is 4. The Bertz CT molecular complexity index is 1080. The molecule has 4 atom stereocenters. The van der Waals surface area contributed by atoms with Gasteiger partial charge >= 0.3 is 6.36 Å². The van der Waals surface area contributed by atoms with Gasteiger partial charge in [0.25, 0.3) is 0 Å². The van der Waals surface area contributed by atoms with Crippen molar-refractivity contribution in [3.05, 3.63) is 48.2 Å². The van der Waals surface area contributed by atoms with Crippen LogP contribution in [-0.2, 0) is 14.3 Å². The highest BCUT2D eigenvalue weighted by Gasteiger charge is 2.67. The van der Waals surface area contributed by atoms with Gasteiger partial charge in [-0.3, -0.25) is 14.5 Å². The average molecular weight is 435 g/mol. The normalized spacial score (nSPS) is 28.8. The molecular weight excluding hydrogens is 419 g/mol. The maximum Gasteiger partial charge on any atom is 0.573 e. The number of ether oxygens (including phenoxy) is 2. The van der Waals surface area contributed by atoms with E-state index in [1.54, 1.807) is 25.1 Å². The zero-order chi connectivity index (χ0) is 22.0. The van der Waals surface area contributed by atoms with Crippen molar-refractivity contribution in [2.24, 2.45) is 11.8 Å². The van der Waals surface area contributed by atoms with Gasteiger partial charge in [-0.1, -0.05) is 17.3 Å². The van der Waals surface area contributed by atoms with E-state index >= 15 is 0 Å². The zero-order valence-electron chi connectivity index (χ0n) is 16.1. The molecule has 1 aromatic heterocycles. The maximum atomic E-state index is 13.2. The Morgan fingerprint density at radius 1 is 1.32 bits per heavy atom. The molecule has 0 saturated carbocycles. The van der Waals surface area contributed by atoms with Gasteiger partial charge in [0.15, 0.2) is 5.82 Å². The lowest BCUT2D eigenvalue weighted by atomic mass is 9.77. The number of aromatic nitrogens is 1. The van der Waals surface area contributed by atoms with Crippen molar-refractivity contribution in [1.29, 1.82) is 0 Å². The highest BCUT2D eigenvalue weighted by Crippen LogP contribution is 2.52. The van der Waals surface area contributed by atoms with E-state index in [-0.39, 0.29) is 18.1 Å². The Morgan fingerprint density at radius 2 is 2.06 bits per heavy atom. The monoisotopic (exact) mass is 435 g/mol. The smallest absolute Gasteiger partial charge is 0.406 e. The molecule has 2 aromatic rings. The van der Waals surface area contributed by atoms with Gasteiger partial charge in [-0.25, -0.2) is 0 Å². The lowest BCUT2D eigenvalue weighted by molar-refractivity contribution is -0.274. The molecule has 11 heteroatoms. The zero-order valence-corrected chi connectivity index (χ0v) is 16.1. The Labute approximate surface area is 173 Å². The maximum absolute atomic E-state index is 13.2. The minimum atomic E-state index is -4.80. The first-order valence-electron chi connectivity index (χ1n) is 9.44. The summed E-state index contributed by atoms with van der Waals surface area (Å²) >= 11 is 0. The average Bonchev–Trinajstić information content (AvgIpc) is 3.43. The van der Waals surface area contributed by atoms with E-state index in [1.807, 2.05) is 0 Å². The van der Waals surface area contributed by atoms with Crippen LogP contribution in [0.1, 0.15) is 5.76 Å². The van der Waals surface area contributed by atoms with Crippen LogP contribution in [-0.4, -0.2) is 41.6 Å². The van der Waals surface area contributed by atoms with Crippen LogP contribution in [0, 0.1) is 18.8 Å². The van der Waals surface area contributed by atoms with Crippen LogP contribution < -0.4 is 15.0 Å². The predicted octanol–water partition coefficient (Wildman–Crippen LogP) is 2.81. The Kier molecular flexibility index (Phi) is 4.16. The van der Waals surface area contributed by atoms with Gasteiger partial charge in [0, 0.05) is 11.8 Å². The fourth-order valence-corrected chi connectivity index (χ4v) is 4.44. The second-order valence-corrected chi connectivity index (χ2v) is 7.68. The number of carbonyl (C=O) groups excluding carboxylic acids is 2. The summed E-state index contributed by atoms with van der Waals surface area (Å²) in [6.45, 7) is 1.92. The van der Waals surface area contributed by atoms with Gasteiger partial charge in [0.05, 0.1) is 24.5 Å². The number of halogens is 3. The van der Waals surface area contributed by atoms with Crippen LogP contribution in [0.2, 0.25) is 0 Å². The van der Waals surface area contributed by atoms with Gasteiger partial charge in [0.2, 0.25) is 11.8 Å². The van der Waals surface area contributed by atoms with E-state index in [9.17, 15) is 22.8 Å². The number of aryl methyl sites for hydroxylation is 1. The number of nitrogens with zero attached hydrogens (tertiary/aromatic N) is 2. The molecule has 3 aliphatic heterocycles. The fourth-order valence-electron chi connectivity index (χ4n) is 4.44. The van der Waals surface area contributed by atoms with E-state index in [4.69, 9.17) is 9.26 Å². The van der Waals surface area contributed by atoms with Gasteiger partial charge in [-0.15, -0.1) is 13.2 Å². The summed E-state index contributed by atoms with van der Waals surface area (Å²) in [5.41, 5.74) is -0.657. The van der Waals surface area contributed by atoms with E-state index in [0.717, 1.165) is 12.1 Å². The number of anilines is 2. The molecular formula is C20H16F3N3O5. The van der Waals surface area contributed by atoms with Crippen molar-refractivity contribution in [3.63, 3.8) is 0 Å². The van der Waals surface area contributed by atoms with E-state index < -0.39 is 41.6 Å². The third kappa shape index (κ3) is 3.25. The van der Waals surface area contributed by atoms with Crippen molar-refractivity contribution in [2.45, 2.75) is 25.0 Å². The number of alkyl halides is 3. The van der Waals surface area contributed by atoms with E-state index in [2.05, 4.69) is 15.2 Å². The SMILES string of the molecule is Cc1cc(N2CC34C=C[C@@H](O3)C(C(=O)Nc3ccc(OC(F)(F)F)cc3)C4C2=O)no1. The number of hydrogen-bond donors (Lipinski definition) is 1. The lowest BCUT2D eigenvalue weighted by Gasteiger charge is -2.23. The molecule has 3 aliphatic rings. The van der Waals surface area contributed by atoms with Gasteiger partial charge < -0.3 is 19.3 Å². The molecule has 8 nitrogen and oxygen atoms in total. The fraction of sp³-hybridized carbons (Fsp3) is 0.350. The Morgan fingerprint density at radius 3 is 2.71 bits per heavy atom. The summed E-state index contributed by atoms with van der Waals surface area (Å²) in [7, 11) is 0. The quantitative estimate of drug-likeness (QED) is 0.743. The van der Waals surface area contributed by atoms with Crippen molar-refractivity contribution in [1.82, 2.24) is 5.16 Å². The first kappa shape index (κ1) is 19.6. The van der Waals surface area contributed by atoms with Crippen molar-refractivity contribution in [2.75, 3.05) is 16.8 Å². The molecule has 2 amide bonds. The summed E-state index contributed by atoms with van der Waals surface area (Å²) in [6.07, 6.45) is -1.81. The van der Waals surface area contributed by atoms with Gasteiger partial charge in [0.1, 0.15) is 17.1 Å². The molecule has 1 N–H and O–H groups in total. The lowest BCUT2D eigenvalue weighted by Crippen LogP contribution is -2.41. The summed E-state index contributed by atoms with van der Waals surface area (Å²) in [5.74, 6) is -1.79. The van der Waals surface area contributed by atoms with Gasteiger partial charge in [-0.2, -0.15) is 0 Å². The topological polar surface area (TPSA) is 93.9 Å². The van der Waals surface area contributed by atoms with E-state index in [0.29, 0.717) is 11.6 Å². The predicted molar refractivity (Wildman–Crippen MR) is 99.1 cm³/mol. The van der Waals surface area contributed by atoms with Crippen molar-refractivity contribution in [3.8, 4) is 5.75 Å². The van der Waals surface area contributed by atoms with Crippen molar-refractivity contribution < 1.29 is 36.8 Å². The third-order valence-corrected chi connectivity index (χ3v) is 5.65. The molecule has 5 rings (SSSR count). The minimum Gasteiger partial charge on any atom is -0.406 e. The molecule has 31 heavy (non-hydrogen) atoms. The van der Waals surface area contributed by atoms with E-state index in [1.165, 1.54) is 17.0 Å². The van der Waals surface area contributed by atoms with Crippen LogP contribution in [0.25, 0.3) is 0 Å². The Balaban J connectivity index is 1.34. The Hall–Kier alpha value is -3.34. The molecule has 1 aromatic carbocycles. The van der Waals surface area contributed by atoms with Crippen molar-refractivity contribution >= 4 is 23.3 Å². The molecule has 1 spiro atoms. The third-order valence-electron chi connectivity index (χ3n) is 5.65. The molecule has 3 unspecified atom stereocenters. The highest BCUT2D eigenvalue weighted by molar-refractivity contribution is 6.05. The standard InChI is InChI=1S/C20H16F3N3O5/c1-10-8-14(25-31-10)26-9-19-7-6-13(30-19)15(16(19)18(26)28)17(27)24-11-2-4-12(5-3-11)29-20(21,22)23/h2-8,13,15-16H,9H2,1H3,(H,24,27)/t13-,15?,16?,19?/m1/s1. The summed E-state index contributed by atoms with van der Waals surface area (Å²) in [6, 6.07) is 6.40. The summed E-state index contributed by atoms with van der Waals surface area (Å²) < 4.78 is 51.8. The second-order valence-electron chi connectivity index (χ2n) is 7.68. The van der Waals surface area contributed by atoms with Crippen LogP contribution in [0.3, 0.4) is 0 Å². The van der Waals surface area contributed by atoms with Crippen LogP contribution >= 0.6 is 0 Å². The summed E-state index contributed by atoms with van der Waals surface area (Å²) in [4.78, 5) is 27.6. The molecule has 2 fully saturated rings. The van der Waals surface area contributed by atoms with Crippen LogP contribution in [0.15, 0.2) is 47.0 Å². The minimum absolute atomic E-state index is 0.211. The first-order valence-corrected chi connectivity index (χ1v) is 9.44. The first-order chi connectivity index (χ1) is 14.7. The number of hydrogen-bond acceptors (Lipinski definition) is 6. The van der Waals surface area contributed by atoms with Gasteiger partial charge in [-0.05, 0) is 31.2 Å². The molecule has 0 radical (unpaired) electrons. The number of carbonyl (C=O) groups is 2. The molecule has 2 saturated heterocycles. The number of nitrogens with one attached hydrogen (secondary N) is 1. The number of benzene rings is 1. The number of fused-ring (bicyclic) bond motifs is 1. The second kappa shape index (κ2) is 6.58. The van der Waals surface area contributed by atoms with Crippen LogP contribution in [0.4, 0.5) is 24.7 Å². The van der Waals surface area contributed by atoms with Crippen LogP contribution in [0.5, 0.6) is 5.75 Å². The molecule has 162 valence electrons. The summed E-state index contributed by atoms with van der Waals surface area (Å²) in [5, 5.41) is 6.54.